The smallest absolute Gasteiger partial charge is 0.253 e. The first-order valence-electron chi connectivity index (χ1n) is 2.21. The second-order valence-corrected chi connectivity index (χ2v) is 1.85. The maximum absolute atomic E-state index is 4.80. The molecule has 60 valence electrons. The molecule has 6 heteroatoms. The van der Waals surface area contributed by atoms with Crippen LogP contribution in [-0.2, 0) is 9.47 Å². The molecular weight excluding hydrogens is 172 g/mol. The summed E-state index contributed by atoms with van der Waals surface area (Å²) in [6, 6.07) is 0. The van der Waals surface area contributed by atoms with Gasteiger partial charge in [0.15, 0.2) is 0 Å². The van der Waals surface area contributed by atoms with Gasteiger partial charge < -0.3 is 20.9 Å². The first-order valence-corrected chi connectivity index (χ1v) is 3.03. The molecule has 0 aromatic rings. The standard InChI is InChI=1S/2C2H5NOS/c2*1-4-2(3)5/h2*1H3,(H2,3,5). The molecule has 0 amide bonds. The maximum Gasteiger partial charge on any atom is 0.253 e. The summed E-state index contributed by atoms with van der Waals surface area (Å²) in [6.07, 6.45) is 0. The van der Waals surface area contributed by atoms with Gasteiger partial charge in [0.25, 0.3) is 10.3 Å². The van der Waals surface area contributed by atoms with Crippen molar-refractivity contribution in [2.45, 2.75) is 0 Å². The van der Waals surface area contributed by atoms with Gasteiger partial charge in [0, 0.05) is 0 Å². The molecule has 0 saturated heterocycles. The Hall–Kier alpha value is -0.620. The van der Waals surface area contributed by atoms with Crippen LogP contribution in [0.1, 0.15) is 0 Å². The summed E-state index contributed by atoms with van der Waals surface area (Å²) in [5.41, 5.74) is 9.60. The monoisotopic (exact) mass is 182 g/mol. The summed E-state index contributed by atoms with van der Waals surface area (Å²) in [6.45, 7) is 0. The van der Waals surface area contributed by atoms with E-state index in [1.165, 1.54) is 14.2 Å². The van der Waals surface area contributed by atoms with Gasteiger partial charge in [-0.2, -0.15) is 0 Å². The third-order valence-corrected chi connectivity index (χ3v) is 0.736. The van der Waals surface area contributed by atoms with E-state index in [1.807, 2.05) is 0 Å². The fraction of sp³-hybridized carbons (Fsp3) is 0.500. The zero-order chi connectivity index (χ0) is 8.57. The van der Waals surface area contributed by atoms with Crippen LogP contribution in [0.15, 0.2) is 0 Å². The minimum Gasteiger partial charge on any atom is -0.475 e. The summed E-state index contributed by atoms with van der Waals surface area (Å²) in [4.78, 5) is 0. The van der Waals surface area contributed by atoms with Crippen molar-refractivity contribution in [3.05, 3.63) is 0 Å². The SMILES string of the molecule is COC(N)=S.COC(N)=S. The lowest BCUT2D eigenvalue weighted by Gasteiger charge is -1.85. The molecule has 0 heterocycles. The predicted molar refractivity (Wildman–Crippen MR) is 47.6 cm³/mol. The van der Waals surface area contributed by atoms with Crippen LogP contribution in [-0.4, -0.2) is 24.6 Å². The Kier molecular flexibility index (Phi) is 10.1. The quantitative estimate of drug-likeness (QED) is 0.504. The van der Waals surface area contributed by atoms with Gasteiger partial charge in [-0.1, -0.05) is 0 Å². The van der Waals surface area contributed by atoms with Crippen molar-refractivity contribution in [1.82, 2.24) is 0 Å². The van der Waals surface area contributed by atoms with E-state index in [4.69, 9.17) is 11.5 Å². The lowest BCUT2D eigenvalue weighted by atomic mass is 11.3. The molecule has 0 aliphatic rings. The molecule has 10 heavy (non-hydrogen) atoms. The van der Waals surface area contributed by atoms with E-state index in [2.05, 4.69) is 33.9 Å². The van der Waals surface area contributed by atoms with Crippen LogP contribution < -0.4 is 11.5 Å². The number of thiocarbonyl (C=S) groups is 2. The number of hydrogen-bond acceptors (Lipinski definition) is 4. The van der Waals surface area contributed by atoms with Crippen LogP contribution in [0.25, 0.3) is 0 Å². The molecule has 0 rings (SSSR count). The third-order valence-electron chi connectivity index (χ3n) is 0.402. The van der Waals surface area contributed by atoms with Crippen molar-refractivity contribution in [2.24, 2.45) is 11.5 Å². The van der Waals surface area contributed by atoms with Crippen molar-refractivity contribution >= 4 is 34.8 Å². The highest BCUT2D eigenvalue weighted by Crippen LogP contribution is 1.58. The molecule has 0 aromatic carbocycles. The lowest BCUT2D eigenvalue weighted by molar-refractivity contribution is 0.408. The number of methoxy groups -OCH3 is 2. The van der Waals surface area contributed by atoms with Crippen LogP contribution in [0, 0.1) is 0 Å². The van der Waals surface area contributed by atoms with E-state index < -0.39 is 0 Å². The number of ether oxygens (including phenoxy) is 2. The molecule has 0 fully saturated rings. The molecule has 0 radical (unpaired) electrons. The Balaban J connectivity index is 0. The highest BCUT2D eigenvalue weighted by molar-refractivity contribution is 7.80. The first kappa shape index (κ1) is 12.1. The number of hydrogen-bond donors (Lipinski definition) is 2. The highest BCUT2D eigenvalue weighted by Gasteiger charge is 1.69. The summed E-state index contributed by atoms with van der Waals surface area (Å²) in [5.74, 6) is 0. The second-order valence-electron chi connectivity index (χ2n) is 1.05. The minimum atomic E-state index is 0.0880. The summed E-state index contributed by atoms with van der Waals surface area (Å²) >= 11 is 8.50. The molecule has 4 nitrogen and oxygen atoms in total. The molecule has 0 saturated carbocycles. The van der Waals surface area contributed by atoms with Gasteiger partial charge in [0.1, 0.15) is 0 Å². The third kappa shape index (κ3) is 26.3. The van der Waals surface area contributed by atoms with Crippen molar-refractivity contribution < 1.29 is 9.47 Å². The van der Waals surface area contributed by atoms with Crippen molar-refractivity contribution in [2.75, 3.05) is 14.2 Å². The first-order chi connectivity index (χ1) is 4.54. The zero-order valence-electron chi connectivity index (χ0n) is 5.79. The van der Waals surface area contributed by atoms with Crippen LogP contribution in [0.3, 0.4) is 0 Å². The minimum absolute atomic E-state index is 0.0880. The van der Waals surface area contributed by atoms with Crippen LogP contribution in [0.2, 0.25) is 0 Å². The molecule has 4 N–H and O–H groups in total. The van der Waals surface area contributed by atoms with Gasteiger partial charge in [-0.15, -0.1) is 0 Å². The second kappa shape index (κ2) is 8.38. The van der Waals surface area contributed by atoms with Crippen molar-refractivity contribution in [3.63, 3.8) is 0 Å². The molecule has 0 spiro atoms. The zero-order valence-corrected chi connectivity index (χ0v) is 7.42. The molecule has 0 atom stereocenters. The molecule has 0 aliphatic heterocycles. The lowest BCUT2D eigenvalue weighted by Crippen LogP contribution is -2.08. The van der Waals surface area contributed by atoms with Crippen molar-refractivity contribution in [1.29, 1.82) is 0 Å². The summed E-state index contributed by atoms with van der Waals surface area (Å²) < 4.78 is 8.52. The van der Waals surface area contributed by atoms with E-state index in [9.17, 15) is 0 Å². The average molecular weight is 182 g/mol. The Morgan fingerprint density at radius 3 is 1.10 bits per heavy atom. The van der Waals surface area contributed by atoms with E-state index in [0.717, 1.165) is 0 Å². The Labute approximate surface area is 70.5 Å². The van der Waals surface area contributed by atoms with E-state index in [0.29, 0.717) is 0 Å². The van der Waals surface area contributed by atoms with Gasteiger partial charge in [-0.25, -0.2) is 0 Å². The predicted octanol–water partition coefficient (Wildman–Crippen LogP) is -0.247. The van der Waals surface area contributed by atoms with Gasteiger partial charge in [0.2, 0.25) is 0 Å². The Morgan fingerprint density at radius 2 is 1.10 bits per heavy atom. The summed E-state index contributed by atoms with van der Waals surface area (Å²) in [7, 11) is 2.87. The Morgan fingerprint density at radius 1 is 1.00 bits per heavy atom. The largest absolute Gasteiger partial charge is 0.475 e. The Bertz CT molecular complexity index is 104. The fourth-order valence-corrected chi connectivity index (χ4v) is 0. The van der Waals surface area contributed by atoms with Gasteiger partial charge in [-0.3, -0.25) is 0 Å². The van der Waals surface area contributed by atoms with E-state index >= 15 is 0 Å². The maximum atomic E-state index is 4.80. The molecule has 0 unspecified atom stereocenters. The molecule has 0 aromatic heterocycles. The van der Waals surface area contributed by atoms with E-state index in [-0.39, 0.29) is 10.3 Å². The normalized spacial score (nSPS) is 6.60. The van der Waals surface area contributed by atoms with Crippen LogP contribution >= 0.6 is 24.4 Å². The molecule has 0 aliphatic carbocycles. The van der Waals surface area contributed by atoms with Crippen LogP contribution in [0.5, 0.6) is 0 Å². The number of rotatable bonds is 0. The van der Waals surface area contributed by atoms with Gasteiger partial charge in [0.05, 0.1) is 14.2 Å². The fourth-order valence-electron chi connectivity index (χ4n) is 0. The molecular formula is C4H10N2O2S2. The van der Waals surface area contributed by atoms with Gasteiger partial charge >= 0.3 is 0 Å². The van der Waals surface area contributed by atoms with Crippen LogP contribution in [0.4, 0.5) is 0 Å². The van der Waals surface area contributed by atoms with Crippen molar-refractivity contribution in [3.8, 4) is 0 Å². The van der Waals surface area contributed by atoms with Gasteiger partial charge in [-0.05, 0) is 24.4 Å². The topological polar surface area (TPSA) is 70.5 Å². The highest BCUT2D eigenvalue weighted by atomic mass is 32.1. The summed E-state index contributed by atoms with van der Waals surface area (Å²) in [5, 5.41) is 0.176. The van der Waals surface area contributed by atoms with E-state index in [1.54, 1.807) is 0 Å². The average Bonchev–Trinajstić information content (AvgIpc) is 1.89. The molecule has 0 bridgehead atoms. The number of nitrogens with two attached hydrogens (primary N) is 2.